The van der Waals surface area contributed by atoms with Crippen LogP contribution in [0.25, 0.3) is 28.3 Å². The fourth-order valence-electron chi connectivity index (χ4n) is 4.89. The Morgan fingerprint density at radius 3 is 2.31 bits per heavy atom. The molecule has 7 nitrogen and oxygen atoms in total. The van der Waals surface area contributed by atoms with Crippen molar-refractivity contribution in [2.24, 2.45) is 0 Å². The predicted molar refractivity (Wildman–Crippen MR) is 135 cm³/mol. The Labute approximate surface area is 205 Å². The first-order chi connectivity index (χ1) is 17.3. The Morgan fingerprint density at radius 2 is 1.57 bits per heavy atom. The van der Waals surface area contributed by atoms with Crippen LogP contribution in [0.5, 0.6) is 11.5 Å². The number of hydrogen-bond donors (Lipinski definition) is 0. The van der Waals surface area contributed by atoms with Gasteiger partial charge in [-0.05, 0) is 54.1 Å². The number of hydrogen-bond acceptors (Lipinski definition) is 6. The van der Waals surface area contributed by atoms with E-state index in [1.54, 1.807) is 6.26 Å². The average molecular weight is 471 g/mol. The molecule has 4 heterocycles. The molecule has 0 unspecified atom stereocenters. The summed E-state index contributed by atoms with van der Waals surface area (Å²) >= 11 is 0. The first-order valence-electron chi connectivity index (χ1n) is 12.3. The summed E-state index contributed by atoms with van der Waals surface area (Å²) in [5.41, 5.74) is 5.41. The molecule has 35 heavy (non-hydrogen) atoms. The Bertz CT molecular complexity index is 1270. The van der Waals surface area contributed by atoms with Gasteiger partial charge in [0.15, 0.2) is 17.3 Å². The second-order valence-corrected chi connectivity index (χ2v) is 9.02. The molecular weight excluding hydrogens is 440 g/mol. The largest absolute Gasteiger partial charge is 0.486 e. The number of fused-ring (bicyclic) bond motifs is 1. The fraction of sp³-hybridized carbons (Fsp3) is 0.321. The van der Waals surface area contributed by atoms with E-state index in [4.69, 9.17) is 19.0 Å². The van der Waals surface area contributed by atoms with Gasteiger partial charge in [-0.1, -0.05) is 25.1 Å². The minimum Gasteiger partial charge on any atom is -0.486 e. The summed E-state index contributed by atoms with van der Waals surface area (Å²) in [6, 6.07) is 18.5. The second-order valence-electron chi connectivity index (χ2n) is 9.02. The quantitative estimate of drug-likeness (QED) is 0.407. The van der Waals surface area contributed by atoms with Crippen LogP contribution < -0.4 is 9.47 Å². The Morgan fingerprint density at radius 1 is 0.829 bits per heavy atom. The summed E-state index contributed by atoms with van der Waals surface area (Å²) in [7, 11) is 0. The van der Waals surface area contributed by atoms with Gasteiger partial charge in [-0.15, -0.1) is 0 Å². The monoisotopic (exact) mass is 470 g/mol. The van der Waals surface area contributed by atoms with Gasteiger partial charge in [-0.3, -0.25) is 4.90 Å². The molecule has 7 heteroatoms. The topological polar surface area (TPSA) is 55.9 Å². The zero-order valence-corrected chi connectivity index (χ0v) is 20.0. The number of ether oxygens (including phenoxy) is 2. The van der Waals surface area contributed by atoms with Crippen LogP contribution in [-0.2, 0) is 6.54 Å². The third kappa shape index (κ3) is 4.45. The third-order valence-electron chi connectivity index (χ3n) is 6.89. The Hall–Kier alpha value is -3.55. The highest BCUT2D eigenvalue weighted by atomic mass is 16.6. The van der Waals surface area contributed by atoms with Crippen LogP contribution in [-0.4, -0.2) is 65.5 Å². The Balaban J connectivity index is 1.28. The van der Waals surface area contributed by atoms with Gasteiger partial charge in [0.25, 0.3) is 0 Å². The molecule has 0 spiro atoms. The number of furan rings is 1. The first-order valence-corrected chi connectivity index (χ1v) is 12.3. The van der Waals surface area contributed by atoms with Crippen molar-refractivity contribution in [3.63, 3.8) is 0 Å². The van der Waals surface area contributed by atoms with Crippen LogP contribution in [0.2, 0.25) is 0 Å². The maximum Gasteiger partial charge on any atom is 0.161 e. The van der Waals surface area contributed by atoms with Crippen molar-refractivity contribution in [2.75, 3.05) is 45.9 Å². The molecule has 6 rings (SSSR count). The molecule has 2 aliphatic heterocycles. The van der Waals surface area contributed by atoms with E-state index in [1.807, 2.05) is 35.1 Å². The number of aromatic nitrogens is 2. The van der Waals surface area contributed by atoms with Crippen molar-refractivity contribution < 1.29 is 13.9 Å². The SMILES string of the molecule is CCN1CCN(Cc2cnn(-c3ccc(-c4ccc5c(c4)OCCO5)cc3)c2-c2ccco2)CC1. The van der Waals surface area contributed by atoms with Crippen LogP contribution in [0.3, 0.4) is 0 Å². The van der Waals surface area contributed by atoms with E-state index in [9.17, 15) is 0 Å². The molecule has 0 saturated carbocycles. The van der Waals surface area contributed by atoms with Crippen molar-refractivity contribution in [1.29, 1.82) is 0 Å². The van der Waals surface area contributed by atoms with Gasteiger partial charge in [0.05, 0.1) is 18.1 Å². The molecule has 0 bridgehead atoms. The predicted octanol–water partition coefficient (Wildman–Crippen LogP) is 4.71. The number of likely N-dealkylation sites (N-methyl/N-ethyl adjacent to an activating group) is 1. The van der Waals surface area contributed by atoms with E-state index in [-0.39, 0.29) is 0 Å². The minimum absolute atomic E-state index is 0.584. The number of piperazine rings is 1. The molecule has 0 aliphatic carbocycles. The van der Waals surface area contributed by atoms with Crippen molar-refractivity contribution in [2.45, 2.75) is 13.5 Å². The first kappa shape index (κ1) is 21.9. The van der Waals surface area contributed by atoms with Gasteiger partial charge >= 0.3 is 0 Å². The van der Waals surface area contributed by atoms with E-state index in [1.165, 1.54) is 5.56 Å². The Kier molecular flexibility index (Phi) is 6.02. The zero-order valence-electron chi connectivity index (χ0n) is 20.0. The van der Waals surface area contributed by atoms with E-state index in [0.29, 0.717) is 13.2 Å². The number of benzene rings is 2. The molecule has 2 aromatic heterocycles. The van der Waals surface area contributed by atoms with Gasteiger partial charge in [0, 0.05) is 38.3 Å². The maximum atomic E-state index is 5.84. The number of rotatable bonds is 6. The summed E-state index contributed by atoms with van der Waals surface area (Å²) in [4.78, 5) is 5.00. The van der Waals surface area contributed by atoms with Crippen LogP contribution in [0, 0.1) is 0 Å². The minimum atomic E-state index is 0.584. The van der Waals surface area contributed by atoms with Crippen LogP contribution in [0.15, 0.2) is 71.5 Å². The lowest BCUT2D eigenvalue weighted by Crippen LogP contribution is -2.45. The summed E-state index contributed by atoms with van der Waals surface area (Å²) < 4.78 is 19.2. The van der Waals surface area contributed by atoms with Crippen molar-refractivity contribution in [3.05, 3.63) is 72.6 Å². The second kappa shape index (κ2) is 9.60. The van der Waals surface area contributed by atoms with E-state index in [2.05, 4.69) is 47.1 Å². The molecule has 2 aliphatic rings. The van der Waals surface area contributed by atoms with Crippen LogP contribution in [0.4, 0.5) is 0 Å². The summed E-state index contributed by atoms with van der Waals surface area (Å²) in [6.45, 7) is 9.76. The summed E-state index contributed by atoms with van der Waals surface area (Å²) in [5, 5.41) is 4.78. The van der Waals surface area contributed by atoms with Gasteiger partial charge < -0.3 is 18.8 Å². The number of nitrogens with zero attached hydrogens (tertiary/aromatic N) is 4. The molecule has 4 aromatic rings. The van der Waals surface area contributed by atoms with Crippen molar-refractivity contribution in [1.82, 2.24) is 19.6 Å². The lowest BCUT2D eigenvalue weighted by atomic mass is 10.0. The van der Waals surface area contributed by atoms with Gasteiger partial charge in [0.1, 0.15) is 18.9 Å². The molecule has 1 saturated heterocycles. The van der Waals surface area contributed by atoms with Crippen molar-refractivity contribution in [3.8, 4) is 39.8 Å². The van der Waals surface area contributed by atoms with Gasteiger partial charge in [-0.2, -0.15) is 5.10 Å². The van der Waals surface area contributed by atoms with E-state index in [0.717, 1.165) is 79.0 Å². The van der Waals surface area contributed by atoms with E-state index >= 15 is 0 Å². The zero-order chi connectivity index (χ0) is 23.6. The highest BCUT2D eigenvalue weighted by Gasteiger charge is 2.22. The molecule has 180 valence electrons. The maximum absolute atomic E-state index is 5.84. The average Bonchev–Trinajstić information content (AvgIpc) is 3.59. The molecule has 0 amide bonds. The lowest BCUT2D eigenvalue weighted by molar-refractivity contribution is 0.132. The standard InChI is InChI=1S/C28H30N4O3/c1-2-30-11-13-31(14-12-30)20-23-19-29-32(28(23)26-4-3-15-33-26)24-8-5-21(6-9-24)22-7-10-25-27(18-22)35-17-16-34-25/h3-10,15,18-19H,2,11-14,16-17,20H2,1H3. The summed E-state index contributed by atoms with van der Waals surface area (Å²) in [5.74, 6) is 2.44. The molecule has 0 N–H and O–H groups in total. The van der Waals surface area contributed by atoms with Crippen molar-refractivity contribution >= 4 is 0 Å². The molecule has 0 atom stereocenters. The molecule has 2 aromatic carbocycles. The summed E-state index contributed by atoms with van der Waals surface area (Å²) in [6.07, 6.45) is 3.71. The smallest absolute Gasteiger partial charge is 0.161 e. The molecule has 1 fully saturated rings. The highest BCUT2D eigenvalue weighted by Crippen LogP contribution is 2.35. The normalized spacial score (nSPS) is 16.5. The fourth-order valence-corrected chi connectivity index (χ4v) is 4.89. The highest BCUT2D eigenvalue weighted by molar-refractivity contribution is 5.69. The van der Waals surface area contributed by atoms with Crippen LogP contribution in [0.1, 0.15) is 12.5 Å². The third-order valence-corrected chi connectivity index (χ3v) is 6.89. The van der Waals surface area contributed by atoms with Crippen LogP contribution >= 0.6 is 0 Å². The van der Waals surface area contributed by atoms with E-state index < -0.39 is 0 Å². The van der Waals surface area contributed by atoms with Gasteiger partial charge in [0.2, 0.25) is 0 Å². The molecular formula is C28H30N4O3. The lowest BCUT2D eigenvalue weighted by Gasteiger charge is -2.33. The molecule has 0 radical (unpaired) electrons. The van der Waals surface area contributed by atoms with Gasteiger partial charge in [-0.25, -0.2) is 4.68 Å².